The largest absolute Gasteiger partial charge is 0.489 e. The molecule has 20 heavy (non-hydrogen) atoms. The molecular formula is C19H16O. The van der Waals surface area contributed by atoms with E-state index in [1.54, 1.807) is 0 Å². The van der Waals surface area contributed by atoms with Crippen LogP contribution in [-0.2, 0) is 6.61 Å². The standard InChI is InChI=1S/C19H16O/c1-2-15-8-11-19(12-9-15)20-14-16-7-10-17-5-3-4-6-18(17)13-16/h2-13H,1,14H2. The maximum Gasteiger partial charge on any atom is 0.119 e. The molecule has 3 aromatic rings. The maximum absolute atomic E-state index is 5.81. The first-order chi connectivity index (χ1) is 9.85. The molecule has 0 radical (unpaired) electrons. The molecule has 3 aromatic carbocycles. The topological polar surface area (TPSA) is 9.23 Å². The summed E-state index contributed by atoms with van der Waals surface area (Å²) in [6.07, 6.45) is 1.83. The van der Waals surface area contributed by atoms with Gasteiger partial charge in [-0.1, -0.05) is 61.2 Å². The fourth-order valence-electron chi connectivity index (χ4n) is 2.20. The molecule has 98 valence electrons. The first-order valence-electron chi connectivity index (χ1n) is 6.68. The van der Waals surface area contributed by atoms with Crippen molar-refractivity contribution in [3.8, 4) is 5.75 Å². The Labute approximate surface area is 119 Å². The van der Waals surface area contributed by atoms with Crippen LogP contribution in [0, 0.1) is 0 Å². The number of ether oxygens (including phenoxy) is 1. The Balaban J connectivity index is 1.74. The van der Waals surface area contributed by atoms with Crippen LogP contribution in [0.2, 0.25) is 0 Å². The van der Waals surface area contributed by atoms with E-state index in [9.17, 15) is 0 Å². The summed E-state index contributed by atoms with van der Waals surface area (Å²) in [6, 6.07) is 22.7. The van der Waals surface area contributed by atoms with Gasteiger partial charge in [0.05, 0.1) is 0 Å². The van der Waals surface area contributed by atoms with Gasteiger partial charge in [0.15, 0.2) is 0 Å². The van der Waals surface area contributed by atoms with E-state index in [0.717, 1.165) is 11.3 Å². The third-order valence-electron chi connectivity index (χ3n) is 3.34. The van der Waals surface area contributed by atoms with E-state index >= 15 is 0 Å². The molecule has 0 aromatic heterocycles. The number of fused-ring (bicyclic) bond motifs is 1. The summed E-state index contributed by atoms with van der Waals surface area (Å²) in [4.78, 5) is 0. The fraction of sp³-hybridized carbons (Fsp3) is 0.0526. The SMILES string of the molecule is C=Cc1ccc(OCc2ccc3ccccc3c2)cc1. The molecule has 0 N–H and O–H groups in total. The minimum Gasteiger partial charge on any atom is -0.489 e. The Hall–Kier alpha value is -2.54. The lowest BCUT2D eigenvalue weighted by Crippen LogP contribution is -1.95. The Morgan fingerprint density at radius 2 is 1.60 bits per heavy atom. The summed E-state index contributed by atoms with van der Waals surface area (Å²) < 4.78 is 5.81. The summed E-state index contributed by atoms with van der Waals surface area (Å²) in [5.41, 5.74) is 2.28. The van der Waals surface area contributed by atoms with Crippen LogP contribution in [0.5, 0.6) is 5.75 Å². The highest BCUT2D eigenvalue weighted by molar-refractivity contribution is 5.82. The average Bonchev–Trinajstić information content (AvgIpc) is 2.53. The normalized spacial score (nSPS) is 10.4. The van der Waals surface area contributed by atoms with Gasteiger partial charge in [0.2, 0.25) is 0 Å². The predicted octanol–water partition coefficient (Wildman–Crippen LogP) is 5.06. The monoisotopic (exact) mass is 260 g/mol. The third kappa shape index (κ3) is 2.72. The number of rotatable bonds is 4. The number of hydrogen-bond acceptors (Lipinski definition) is 1. The Kier molecular flexibility index (Phi) is 3.51. The molecule has 3 rings (SSSR count). The predicted molar refractivity (Wildman–Crippen MR) is 84.8 cm³/mol. The van der Waals surface area contributed by atoms with E-state index in [1.165, 1.54) is 16.3 Å². The Morgan fingerprint density at radius 1 is 0.850 bits per heavy atom. The van der Waals surface area contributed by atoms with Crippen molar-refractivity contribution in [2.75, 3.05) is 0 Å². The van der Waals surface area contributed by atoms with Crippen LogP contribution < -0.4 is 4.74 Å². The van der Waals surface area contributed by atoms with E-state index in [4.69, 9.17) is 4.74 Å². The molecule has 0 fully saturated rings. The van der Waals surface area contributed by atoms with Crippen molar-refractivity contribution >= 4 is 16.8 Å². The molecule has 1 nitrogen and oxygen atoms in total. The van der Waals surface area contributed by atoms with Crippen molar-refractivity contribution in [1.82, 2.24) is 0 Å². The highest BCUT2D eigenvalue weighted by atomic mass is 16.5. The van der Waals surface area contributed by atoms with Gasteiger partial charge >= 0.3 is 0 Å². The van der Waals surface area contributed by atoms with E-state index in [1.807, 2.05) is 30.3 Å². The van der Waals surface area contributed by atoms with E-state index in [-0.39, 0.29) is 0 Å². The molecule has 1 heteroatoms. The summed E-state index contributed by atoms with van der Waals surface area (Å²) in [5, 5.41) is 2.50. The number of benzene rings is 3. The van der Waals surface area contributed by atoms with Crippen molar-refractivity contribution in [3.63, 3.8) is 0 Å². The molecule has 0 unspecified atom stereocenters. The fourth-order valence-corrected chi connectivity index (χ4v) is 2.20. The van der Waals surface area contributed by atoms with Crippen molar-refractivity contribution in [2.24, 2.45) is 0 Å². The number of hydrogen-bond donors (Lipinski definition) is 0. The van der Waals surface area contributed by atoms with E-state index < -0.39 is 0 Å². The van der Waals surface area contributed by atoms with Crippen LogP contribution >= 0.6 is 0 Å². The summed E-state index contributed by atoms with van der Waals surface area (Å²) in [5.74, 6) is 0.878. The zero-order valence-corrected chi connectivity index (χ0v) is 11.3. The van der Waals surface area contributed by atoms with Crippen molar-refractivity contribution in [2.45, 2.75) is 6.61 Å². The van der Waals surface area contributed by atoms with Crippen molar-refractivity contribution in [3.05, 3.63) is 84.4 Å². The molecule has 0 saturated carbocycles. The molecule has 0 aliphatic heterocycles. The quantitative estimate of drug-likeness (QED) is 0.637. The highest BCUT2D eigenvalue weighted by Gasteiger charge is 1.98. The molecule has 0 amide bonds. The van der Waals surface area contributed by atoms with Gasteiger partial charge in [0.1, 0.15) is 12.4 Å². The summed E-state index contributed by atoms with van der Waals surface area (Å²) >= 11 is 0. The third-order valence-corrected chi connectivity index (χ3v) is 3.34. The van der Waals surface area contributed by atoms with Gasteiger partial charge in [0, 0.05) is 0 Å². The van der Waals surface area contributed by atoms with E-state index in [0.29, 0.717) is 6.61 Å². The molecule has 0 spiro atoms. The zero-order chi connectivity index (χ0) is 13.8. The molecule has 0 bridgehead atoms. The summed E-state index contributed by atoms with van der Waals surface area (Å²) in [6.45, 7) is 4.32. The summed E-state index contributed by atoms with van der Waals surface area (Å²) in [7, 11) is 0. The van der Waals surface area contributed by atoms with Gasteiger partial charge in [-0.15, -0.1) is 0 Å². The first-order valence-corrected chi connectivity index (χ1v) is 6.68. The lowest BCUT2D eigenvalue weighted by atomic mass is 10.1. The minimum absolute atomic E-state index is 0.582. The van der Waals surface area contributed by atoms with Crippen LogP contribution in [0.25, 0.3) is 16.8 Å². The lowest BCUT2D eigenvalue weighted by Gasteiger charge is -2.07. The first kappa shape index (κ1) is 12.5. The Morgan fingerprint density at radius 3 is 2.35 bits per heavy atom. The second kappa shape index (κ2) is 5.62. The molecular weight excluding hydrogens is 244 g/mol. The highest BCUT2D eigenvalue weighted by Crippen LogP contribution is 2.18. The molecule has 0 atom stereocenters. The smallest absolute Gasteiger partial charge is 0.119 e. The molecule has 0 aliphatic carbocycles. The van der Waals surface area contributed by atoms with Gasteiger partial charge in [-0.25, -0.2) is 0 Å². The van der Waals surface area contributed by atoms with Crippen LogP contribution in [0.15, 0.2) is 73.3 Å². The minimum atomic E-state index is 0.582. The maximum atomic E-state index is 5.81. The van der Waals surface area contributed by atoms with Gasteiger partial charge in [-0.2, -0.15) is 0 Å². The van der Waals surface area contributed by atoms with Crippen LogP contribution in [0.4, 0.5) is 0 Å². The second-order valence-corrected chi connectivity index (χ2v) is 4.74. The second-order valence-electron chi connectivity index (χ2n) is 4.74. The molecule has 0 saturated heterocycles. The van der Waals surface area contributed by atoms with Crippen molar-refractivity contribution in [1.29, 1.82) is 0 Å². The zero-order valence-electron chi connectivity index (χ0n) is 11.3. The average molecular weight is 260 g/mol. The Bertz CT molecular complexity index is 726. The molecule has 0 heterocycles. The van der Waals surface area contributed by atoms with Crippen LogP contribution in [0.1, 0.15) is 11.1 Å². The van der Waals surface area contributed by atoms with Gasteiger partial charge in [0.25, 0.3) is 0 Å². The van der Waals surface area contributed by atoms with Gasteiger partial charge < -0.3 is 4.74 Å². The van der Waals surface area contributed by atoms with Gasteiger partial charge in [-0.05, 0) is 40.1 Å². The van der Waals surface area contributed by atoms with Crippen LogP contribution in [0.3, 0.4) is 0 Å². The molecule has 0 aliphatic rings. The lowest BCUT2D eigenvalue weighted by molar-refractivity contribution is 0.306. The van der Waals surface area contributed by atoms with Crippen LogP contribution in [-0.4, -0.2) is 0 Å². The van der Waals surface area contributed by atoms with Gasteiger partial charge in [-0.3, -0.25) is 0 Å². The van der Waals surface area contributed by atoms with E-state index in [2.05, 4.69) is 49.0 Å². The van der Waals surface area contributed by atoms with Crippen molar-refractivity contribution < 1.29 is 4.74 Å².